The van der Waals surface area contributed by atoms with Crippen LogP contribution in [0, 0.1) is 10.1 Å². The van der Waals surface area contributed by atoms with Crippen molar-refractivity contribution in [1.82, 2.24) is 10.2 Å². The Hall–Kier alpha value is -3.67. The number of nitro groups is 1. The number of rotatable bonds is 12. The van der Waals surface area contributed by atoms with Gasteiger partial charge in [0.25, 0.3) is 15.7 Å². The molecule has 0 radical (unpaired) electrons. The molecule has 1 N–H and O–H groups in total. The van der Waals surface area contributed by atoms with Gasteiger partial charge in [-0.2, -0.15) is 0 Å². The molecule has 10 nitrogen and oxygen atoms in total. The van der Waals surface area contributed by atoms with Crippen LogP contribution < -0.4 is 9.62 Å². The molecule has 0 spiro atoms. The Morgan fingerprint density at radius 2 is 1.70 bits per heavy atom. The SMILES string of the molecule is CCCNC(=O)[C@H](C)N(Cc1ccc(Cl)c(Cl)c1)C(=O)CN(c1cccc([N+](=O)[O-])c1)S(=O)(=O)c1ccccc1. The third kappa shape index (κ3) is 7.50. The van der Waals surface area contributed by atoms with E-state index in [1.165, 1.54) is 54.3 Å². The number of amides is 2. The predicted molar refractivity (Wildman–Crippen MR) is 154 cm³/mol. The molecule has 3 aromatic rings. The van der Waals surface area contributed by atoms with Gasteiger partial charge in [-0.3, -0.25) is 24.0 Å². The number of carbonyl (C=O) groups excluding carboxylic acids is 2. The van der Waals surface area contributed by atoms with Crippen molar-refractivity contribution in [2.24, 2.45) is 0 Å². The highest BCUT2D eigenvalue weighted by Crippen LogP contribution is 2.28. The molecule has 40 heavy (non-hydrogen) atoms. The van der Waals surface area contributed by atoms with Crippen molar-refractivity contribution in [2.45, 2.75) is 37.8 Å². The maximum Gasteiger partial charge on any atom is 0.271 e. The average Bonchev–Trinajstić information content (AvgIpc) is 2.95. The van der Waals surface area contributed by atoms with E-state index in [-0.39, 0.29) is 27.8 Å². The third-order valence-corrected chi connectivity index (χ3v) is 8.52. The number of hydrogen-bond donors (Lipinski definition) is 1. The van der Waals surface area contributed by atoms with Crippen LogP contribution in [0.15, 0.2) is 77.7 Å². The van der Waals surface area contributed by atoms with Crippen LogP contribution in [-0.2, 0) is 26.2 Å². The highest BCUT2D eigenvalue weighted by Gasteiger charge is 2.33. The summed E-state index contributed by atoms with van der Waals surface area (Å²) in [5, 5.41) is 14.7. The number of hydrogen-bond acceptors (Lipinski definition) is 6. The largest absolute Gasteiger partial charge is 0.354 e. The van der Waals surface area contributed by atoms with Crippen LogP contribution in [0.3, 0.4) is 0 Å². The number of nitrogens with one attached hydrogen (secondary N) is 1. The molecule has 3 rings (SSSR count). The Morgan fingerprint density at radius 3 is 2.33 bits per heavy atom. The molecule has 0 unspecified atom stereocenters. The van der Waals surface area contributed by atoms with Gasteiger partial charge in [-0.1, -0.05) is 60.5 Å². The first-order valence-corrected chi connectivity index (χ1v) is 14.5. The Bertz CT molecular complexity index is 1490. The summed E-state index contributed by atoms with van der Waals surface area (Å²) in [6.45, 7) is 2.99. The second kappa shape index (κ2) is 13.6. The van der Waals surface area contributed by atoms with E-state index in [2.05, 4.69) is 5.32 Å². The summed E-state index contributed by atoms with van der Waals surface area (Å²) in [4.78, 5) is 38.6. The van der Waals surface area contributed by atoms with E-state index >= 15 is 0 Å². The summed E-state index contributed by atoms with van der Waals surface area (Å²) in [6, 6.07) is 16.2. The average molecular weight is 608 g/mol. The van der Waals surface area contributed by atoms with E-state index < -0.39 is 39.3 Å². The molecule has 2 amide bonds. The Balaban J connectivity index is 2.06. The summed E-state index contributed by atoms with van der Waals surface area (Å²) >= 11 is 12.2. The molecule has 0 saturated carbocycles. The summed E-state index contributed by atoms with van der Waals surface area (Å²) in [7, 11) is -4.35. The molecule has 212 valence electrons. The second-order valence-corrected chi connectivity index (χ2v) is 11.5. The summed E-state index contributed by atoms with van der Waals surface area (Å²) in [6.07, 6.45) is 0.676. The van der Waals surface area contributed by atoms with E-state index in [9.17, 15) is 28.1 Å². The van der Waals surface area contributed by atoms with Crippen LogP contribution in [0.25, 0.3) is 0 Å². The summed E-state index contributed by atoms with van der Waals surface area (Å²) in [5.74, 6) is -1.14. The molecule has 0 bridgehead atoms. The smallest absolute Gasteiger partial charge is 0.271 e. The van der Waals surface area contributed by atoms with Gasteiger partial charge in [0.2, 0.25) is 11.8 Å². The van der Waals surface area contributed by atoms with E-state index in [4.69, 9.17) is 23.2 Å². The molecule has 0 fully saturated rings. The lowest BCUT2D eigenvalue weighted by Gasteiger charge is -2.32. The van der Waals surface area contributed by atoms with Crippen LogP contribution in [0.5, 0.6) is 0 Å². The standard InChI is InChI=1S/C27H28Cl2N4O6S/c1-3-14-30-27(35)19(2)31(17-20-12-13-24(28)25(29)15-20)26(34)18-32(21-8-7-9-22(16-21)33(36)37)40(38,39)23-10-5-4-6-11-23/h4-13,15-16,19H,3,14,17-18H2,1-2H3,(H,30,35)/t19-/m0/s1. The molecular weight excluding hydrogens is 579 g/mol. The first kappa shape index (κ1) is 30.9. The Morgan fingerprint density at radius 1 is 1.00 bits per heavy atom. The fourth-order valence-electron chi connectivity index (χ4n) is 3.82. The Kier molecular flexibility index (Phi) is 10.5. The Labute approximate surface area is 242 Å². The maximum atomic E-state index is 13.8. The van der Waals surface area contributed by atoms with Crippen LogP contribution in [0.4, 0.5) is 11.4 Å². The van der Waals surface area contributed by atoms with Gasteiger partial charge in [0.15, 0.2) is 0 Å². The van der Waals surface area contributed by atoms with E-state index in [1.807, 2.05) is 6.92 Å². The van der Waals surface area contributed by atoms with Gasteiger partial charge >= 0.3 is 0 Å². The number of benzene rings is 3. The van der Waals surface area contributed by atoms with Crippen molar-refractivity contribution in [2.75, 3.05) is 17.4 Å². The lowest BCUT2D eigenvalue weighted by atomic mass is 10.1. The molecule has 3 aromatic carbocycles. The predicted octanol–water partition coefficient (Wildman–Crippen LogP) is 5.04. The zero-order valence-electron chi connectivity index (χ0n) is 21.8. The van der Waals surface area contributed by atoms with E-state index in [1.54, 1.807) is 24.3 Å². The number of sulfonamides is 1. The van der Waals surface area contributed by atoms with E-state index in [0.29, 0.717) is 23.6 Å². The van der Waals surface area contributed by atoms with Gasteiger partial charge in [0.1, 0.15) is 12.6 Å². The lowest BCUT2D eigenvalue weighted by molar-refractivity contribution is -0.384. The van der Waals surface area contributed by atoms with Crippen LogP contribution in [0.2, 0.25) is 10.0 Å². The molecule has 0 saturated heterocycles. The highest BCUT2D eigenvalue weighted by atomic mass is 35.5. The number of non-ortho nitro benzene ring substituents is 1. The third-order valence-electron chi connectivity index (χ3n) is 5.99. The topological polar surface area (TPSA) is 130 Å². The minimum absolute atomic E-state index is 0.0788. The van der Waals surface area contributed by atoms with Crippen LogP contribution in [-0.4, -0.2) is 49.2 Å². The van der Waals surface area contributed by atoms with Crippen LogP contribution in [0.1, 0.15) is 25.8 Å². The minimum Gasteiger partial charge on any atom is -0.354 e. The van der Waals surface area contributed by atoms with Gasteiger partial charge < -0.3 is 10.2 Å². The van der Waals surface area contributed by atoms with Gasteiger partial charge in [0, 0.05) is 25.2 Å². The van der Waals surface area contributed by atoms with Crippen molar-refractivity contribution in [3.05, 3.63) is 98.5 Å². The lowest BCUT2D eigenvalue weighted by Crippen LogP contribution is -2.51. The molecule has 13 heteroatoms. The number of carbonyl (C=O) groups is 2. The molecule has 0 aliphatic rings. The molecule has 0 heterocycles. The van der Waals surface area contributed by atoms with Gasteiger partial charge in [-0.15, -0.1) is 0 Å². The number of anilines is 1. The van der Waals surface area contributed by atoms with Crippen molar-refractivity contribution >= 4 is 56.4 Å². The summed E-state index contributed by atoms with van der Waals surface area (Å²) in [5.41, 5.74) is 0.132. The molecule has 0 aromatic heterocycles. The fraction of sp³-hybridized carbons (Fsp3) is 0.259. The highest BCUT2D eigenvalue weighted by molar-refractivity contribution is 7.92. The first-order valence-electron chi connectivity index (χ1n) is 12.3. The van der Waals surface area contributed by atoms with Crippen molar-refractivity contribution in [3.8, 4) is 0 Å². The second-order valence-electron chi connectivity index (χ2n) is 8.84. The van der Waals surface area contributed by atoms with Gasteiger partial charge in [-0.25, -0.2) is 8.42 Å². The summed E-state index contributed by atoms with van der Waals surface area (Å²) < 4.78 is 28.3. The van der Waals surface area contributed by atoms with Crippen molar-refractivity contribution in [3.63, 3.8) is 0 Å². The zero-order chi connectivity index (χ0) is 29.4. The van der Waals surface area contributed by atoms with Gasteiger partial charge in [-0.05, 0) is 49.2 Å². The van der Waals surface area contributed by atoms with Crippen LogP contribution >= 0.6 is 23.2 Å². The van der Waals surface area contributed by atoms with Gasteiger partial charge in [0.05, 0.1) is 25.6 Å². The quantitative estimate of drug-likeness (QED) is 0.227. The van der Waals surface area contributed by atoms with Crippen molar-refractivity contribution in [1.29, 1.82) is 0 Å². The fourth-order valence-corrected chi connectivity index (χ4v) is 5.57. The molecule has 0 aliphatic heterocycles. The minimum atomic E-state index is -4.35. The zero-order valence-corrected chi connectivity index (χ0v) is 24.1. The van der Waals surface area contributed by atoms with Crippen molar-refractivity contribution < 1.29 is 22.9 Å². The number of halogens is 2. The first-order chi connectivity index (χ1) is 18.9. The monoisotopic (exact) mass is 606 g/mol. The van der Waals surface area contributed by atoms with E-state index in [0.717, 1.165) is 10.4 Å². The molecular formula is C27H28Cl2N4O6S. The maximum absolute atomic E-state index is 13.8. The number of nitrogens with zero attached hydrogens (tertiary/aromatic N) is 3. The number of nitro benzene ring substituents is 1. The normalized spacial score (nSPS) is 11.9. The molecule has 0 aliphatic carbocycles. The molecule has 1 atom stereocenters.